The quantitative estimate of drug-likeness (QED) is 0.235. The van der Waals surface area contributed by atoms with Crippen LogP contribution in [0.2, 0.25) is 0 Å². The highest BCUT2D eigenvalue weighted by molar-refractivity contribution is 9.10. The number of carbonyl (C=O) groups is 1. The number of hydrogen-bond acceptors (Lipinski definition) is 6. The van der Waals surface area contributed by atoms with E-state index in [9.17, 15) is 14.9 Å². The molecule has 0 aliphatic carbocycles. The van der Waals surface area contributed by atoms with Gasteiger partial charge in [0.15, 0.2) is 12.4 Å². The van der Waals surface area contributed by atoms with E-state index in [2.05, 4.69) is 41.9 Å². The maximum atomic E-state index is 11.8. The van der Waals surface area contributed by atoms with Crippen molar-refractivity contribution in [2.24, 2.45) is 10.9 Å². The van der Waals surface area contributed by atoms with Crippen molar-refractivity contribution in [3.8, 4) is 5.75 Å². The van der Waals surface area contributed by atoms with Gasteiger partial charge < -0.3 is 15.3 Å². The largest absolute Gasteiger partial charge is 0.481 e. The third-order valence-corrected chi connectivity index (χ3v) is 4.36. The molecule has 0 amide bonds. The van der Waals surface area contributed by atoms with E-state index in [0.29, 0.717) is 10.2 Å². The fourth-order valence-electron chi connectivity index (χ4n) is 2.18. The van der Waals surface area contributed by atoms with Gasteiger partial charge >= 0.3 is 5.97 Å². The van der Waals surface area contributed by atoms with Crippen molar-refractivity contribution in [2.45, 2.75) is 26.2 Å². The Morgan fingerprint density at radius 1 is 1.25 bits per heavy atom. The van der Waals surface area contributed by atoms with Gasteiger partial charge in [0.1, 0.15) is 5.75 Å². The summed E-state index contributed by atoms with van der Waals surface area (Å²) in [6, 6.07) is 11.1. The van der Waals surface area contributed by atoms with E-state index < -0.39 is 10.9 Å². The summed E-state index contributed by atoms with van der Waals surface area (Å²) in [5, 5.41) is 14.3. The van der Waals surface area contributed by atoms with Crippen LogP contribution in [0.4, 0.5) is 5.69 Å². The first-order valence-electron chi connectivity index (χ1n) is 8.29. The number of hydrogen-bond donors (Lipinski definition) is 1. The average molecular weight is 450 g/mol. The standard InChI is InChI=1S/C19H20BrN3O5/c1-19(2,3)13-7-8-16(15(20)10-13)27-11-17(24)28-22-18(21)12-5-4-6-14(9-12)23(25)26/h4-10H,11H2,1-3H3,(H2,21,22). The Hall–Kier alpha value is -2.94. The summed E-state index contributed by atoms with van der Waals surface area (Å²) in [6.07, 6.45) is 0. The fraction of sp³-hybridized carbons (Fsp3) is 0.263. The second-order valence-corrected chi connectivity index (χ2v) is 7.79. The Kier molecular flexibility index (Phi) is 6.74. The molecule has 2 aromatic carbocycles. The minimum atomic E-state index is -0.764. The summed E-state index contributed by atoms with van der Waals surface area (Å²) < 4.78 is 6.15. The fourth-order valence-corrected chi connectivity index (χ4v) is 2.67. The molecule has 0 radical (unpaired) electrons. The van der Waals surface area contributed by atoms with Crippen LogP contribution in [-0.2, 0) is 15.0 Å². The molecule has 148 valence electrons. The third kappa shape index (κ3) is 5.78. The highest BCUT2D eigenvalue weighted by Gasteiger charge is 2.16. The second kappa shape index (κ2) is 8.83. The van der Waals surface area contributed by atoms with Crippen LogP contribution < -0.4 is 10.5 Å². The van der Waals surface area contributed by atoms with Crippen molar-refractivity contribution < 1.29 is 19.3 Å². The maximum absolute atomic E-state index is 11.8. The molecule has 0 spiro atoms. The molecule has 9 heteroatoms. The molecule has 2 aromatic rings. The molecule has 0 aromatic heterocycles. The summed E-state index contributed by atoms with van der Waals surface area (Å²) >= 11 is 3.42. The third-order valence-electron chi connectivity index (χ3n) is 3.74. The van der Waals surface area contributed by atoms with Crippen LogP contribution in [-0.4, -0.2) is 23.3 Å². The van der Waals surface area contributed by atoms with Crippen LogP contribution in [0.5, 0.6) is 5.75 Å². The predicted molar refractivity (Wildman–Crippen MR) is 108 cm³/mol. The van der Waals surface area contributed by atoms with Gasteiger partial charge in [-0.1, -0.05) is 44.1 Å². The Bertz CT molecular complexity index is 922. The van der Waals surface area contributed by atoms with Gasteiger partial charge in [-0.05, 0) is 39.0 Å². The molecule has 0 heterocycles. The Morgan fingerprint density at radius 3 is 2.57 bits per heavy atom. The highest BCUT2D eigenvalue weighted by Crippen LogP contribution is 2.31. The number of oxime groups is 1. The number of amidine groups is 1. The molecule has 0 aliphatic rings. The number of nitro groups is 1. The minimum absolute atomic E-state index is 0.0151. The molecule has 2 N–H and O–H groups in total. The van der Waals surface area contributed by atoms with E-state index in [4.69, 9.17) is 15.3 Å². The lowest BCUT2D eigenvalue weighted by Gasteiger charge is -2.20. The van der Waals surface area contributed by atoms with Crippen molar-refractivity contribution in [2.75, 3.05) is 6.61 Å². The zero-order valence-corrected chi connectivity index (χ0v) is 17.2. The van der Waals surface area contributed by atoms with Crippen LogP contribution in [0.3, 0.4) is 0 Å². The first-order valence-corrected chi connectivity index (χ1v) is 9.08. The van der Waals surface area contributed by atoms with Crippen molar-refractivity contribution in [1.82, 2.24) is 0 Å². The molecule has 8 nitrogen and oxygen atoms in total. The Morgan fingerprint density at radius 2 is 1.96 bits per heavy atom. The van der Waals surface area contributed by atoms with Crippen LogP contribution in [0.25, 0.3) is 0 Å². The van der Waals surface area contributed by atoms with Gasteiger partial charge in [0.25, 0.3) is 5.69 Å². The molecule has 0 atom stereocenters. The first kappa shape index (κ1) is 21.4. The molecule has 0 fully saturated rings. The van der Waals surface area contributed by atoms with Crippen molar-refractivity contribution in [3.05, 3.63) is 68.2 Å². The van der Waals surface area contributed by atoms with Gasteiger partial charge in [-0.3, -0.25) is 10.1 Å². The highest BCUT2D eigenvalue weighted by atomic mass is 79.9. The van der Waals surface area contributed by atoms with Gasteiger partial charge in [-0.2, -0.15) is 0 Å². The number of halogens is 1. The van der Waals surface area contributed by atoms with E-state index in [0.717, 1.165) is 5.56 Å². The molecule has 0 aliphatic heterocycles. The maximum Gasteiger partial charge on any atom is 0.372 e. The molecule has 0 saturated heterocycles. The number of nitro benzene ring substituents is 1. The van der Waals surface area contributed by atoms with Gasteiger partial charge in [0.2, 0.25) is 0 Å². The number of carbonyl (C=O) groups excluding carboxylic acids is 1. The predicted octanol–water partition coefficient (Wildman–Crippen LogP) is 3.90. The lowest BCUT2D eigenvalue weighted by Crippen LogP contribution is -2.18. The van der Waals surface area contributed by atoms with Crippen LogP contribution >= 0.6 is 15.9 Å². The van der Waals surface area contributed by atoms with Gasteiger partial charge in [0.05, 0.1) is 9.40 Å². The zero-order valence-electron chi connectivity index (χ0n) is 15.6. The minimum Gasteiger partial charge on any atom is -0.481 e. The number of ether oxygens (including phenoxy) is 1. The van der Waals surface area contributed by atoms with E-state index in [1.54, 1.807) is 6.07 Å². The SMILES string of the molecule is CC(C)(C)c1ccc(OCC(=O)ON=C(N)c2cccc([N+](=O)[O-])c2)c(Br)c1. The monoisotopic (exact) mass is 449 g/mol. The van der Waals surface area contributed by atoms with Crippen molar-refractivity contribution in [1.29, 1.82) is 0 Å². The van der Waals surface area contributed by atoms with E-state index in [1.807, 2.05) is 12.1 Å². The first-order chi connectivity index (χ1) is 13.1. The van der Waals surface area contributed by atoms with Gasteiger partial charge in [-0.15, -0.1) is 0 Å². The molecular formula is C19H20BrN3O5. The number of non-ortho nitro benzene ring substituents is 1. The lowest BCUT2D eigenvalue weighted by molar-refractivity contribution is -0.384. The van der Waals surface area contributed by atoms with Crippen molar-refractivity contribution >= 4 is 33.4 Å². The molecule has 28 heavy (non-hydrogen) atoms. The zero-order chi connectivity index (χ0) is 20.9. The molecule has 0 bridgehead atoms. The number of rotatable bonds is 6. The summed E-state index contributed by atoms with van der Waals surface area (Å²) in [6.45, 7) is 5.91. The lowest BCUT2D eigenvalue weighted by atomic mass is 9.87. The average Bonchev–Trinajstić information content (AvgIpc) is 2.64. The summed E-state index contributed by atoms with van der Waals surface area (Å²) in [5.41, 5.74) is 6.92. The van der Waals surface area contributed by atoms with E-state index in [-0.39, 0.29) is 29.1 Å². The van der Waals surface area contributed by atoms with E-state index >= 15 is 0 Å². The molecule has 2 rings (SSSR count). The van der Waals surface area contributed by atoms with Crippen molar-refractivity contribution in [3.63, 3.8) is 0 Å². The summed E-state index contributed by atoms with van der Waals surface area (Å²) in [5.74, 6) is -0.437. The summed E-state index contributed by atoms with van der Waals surface area (Å²) in [4.78, 5) is 26.8. The number of nitrogens with zero attached hydrogens (tertiary/aromatic N) is 2. The molecule has 0 saturated carbocycles. The topological polar surface area (TPSA) is 117 Å². The smallest absolute Gasteiger partial charge is 0.372 e. The van der Waals surface area contributed by atoms with Crippen LogP contribution in [0.1, 0.15) is 31.9 Å². The molecule has 0 unspecified atom stereocenters. The Balaban J connectivity index is 1.96. The molecular weight excluding hydrogens is 430 g/mol. The second-order valence-electron chi connectivity index (χ2n) is 6.93. The van der Waals surface area contributed by atoms with Gasteiger partial charge in [0, 0.05) is 17.7 Å². The summed E-state index contributed by atoms with van der Waals surface area (Å²) in [7, 11) is 0. The number of nitrogens with two attached hydrogens (primary N) is 1. The van der Waals surface area contributed by atoms with Gasteiger partial charge in [-0.25, -0.2) is 4.79 Å². The Labute approximate surface area is 170 Å². The normalized spacial score (nSPS) is 11.8. The number of benzene rings is 2. The van der Waals surface area contributed by atoms with Crippen LogP contribution in [0, 0.1) is 10.1 Å². The van der Waals surface area contributed by atoms with E-state index in [1.165, 1.54) is 24.3 Å². The van der Waals surface area contributed by atoms with Crippen LogP contribution in [0.15, 0.2) is 52.1 Å².